The zero-order valence-corrected chi connectivity index (χ0v) is 14.3. The van der Waals surface area contributed by atoms with Crippen LogP contribution in [0.4, 0.5) is 0 Å². The van der Waals surface area contributed by atoms with Crippen LogP contribution in [0.2, 0.25) is 0 Å². The second kappa shape index (κ2) is 6.96. The Bertz CT molecular complexity index is 968. The predicted molar refractivity (Wildman–Crippen MR) is 99.9 cm³/mol. The van der Waals surface area contributed by atoms with Crippen LogP contribution in [0.15, 0.2) is 67.0 Å². The Labute approximate surface area is 151 Å². The van der Waals surface area contributed by atoms with Crippen LogP contribution in [-0.2, 0) is 6.54 Å². The van der Waals surface area contributed by atoms with Gasteiger partial charge in [-0.3, -0.25) is 14.5 Å². The molecule has 26 heavy (non-hydrogen) atoms. The van der Waals surface area contributed by atoms with E-state index in [1.165, 1.54) is 4.90 Å². The first-order valence-corrected chi connectivity index (χ1v) is 8.76. The molecular formula is C21H19N3O2. The maximum absolute atomic E-state index is 12.3. The number of rotatable bonds is 6. The van der Waals surface area contributed by atoms with Crippen LogP contribution >= 0.6 is 0 Å². The highest BCUT2D eigenvalue weighted by Crippen LogP contribution is 2.22. The Morgan fingerprint density at radius 2 is 1.58 bits per heavy atom. The number of unbranched alkanes of at least 4 members (excludes halogenated alkanes) is 1. The molecule has 1 aliphatic heterocycles. The SMILES string of the molecule is O=C1c2ccccc2C(=O)N1CCC/C=C/Cn1cnc2ccccc21. The Hall–Kier alpha value is -3.21. The van der Waals surface area contributed by atoms with E-state index in [1.54, 1.807) is 24.3 Å². The number of amides is 2. The van der Waals surface area contributed by atoms with Crippen molar-refractivity contribution in [3.8, 4) is 0 Å². The summed E-state index contributed by atoms with van der Waals surface area (Å²) in [5.41, 5.74) is 3.13. The molecule has 0 atom stereocenters. The number of hydrogen-bond acceptors (Lipinski definition) is 3. The molecule has 0 bridgehead atoms. The van der Waals surface area contributed by atoms with Gasteiger partial charge in [0.15, 0.2) is 0 Å². The van der Waals surface area contributed by atoms with Gasteiger partial charge in [0.05, 0.1) is 28.5 Å². The van der Waals surface area contributed by atoms with E-state index in [1.807, 2.05) is 24.5 Å². The molecule has 4 rings (SSSR count). The molecule has 2 amide bonds. The summed E-state index contributed by atoms with van der Waals surface area (Å²) >= 11 is 0. The standard InChI is InChI=1S/C21H19N3O2/c25-20-16-9-3-4-10-17(16)21(26)24(20)14-8-2-1-7-13-23-15-22-18-11-5-6-12-19(18)23/h1,3-7,9-12,15H,2,8,13-14H2/b7-1+. The van der Waals surface area contributed by atoms with E-state index < -0.39 is 0 Å². The summed E-state index contributed by atoms with van der Waals surface area (Å²) in [6, 6.07) is 15.0. The molecule has 0 saturated carbocycles. The molecule has 0 saturated heterocycles. The van der Waals surface area contributed by atoms with Crippen LogP contribution in [0.5, 0.6) is 0 Å². The van der Waals surface area contributed by atoms with Gasteiger partial charge in [-0.15, -0.1) is 0 Å². The van der Waals surface area contributed by atoms with Crippen LogP contribution in [0.25, 0.3) is 11.0 Å². The number of hydrogen-bond donors (Lipinski definition) is 0. The van der Waals surface area contributed by atoms with Gasteiger partial charge in [-0.1, -0.05) is 36.4 Å². The third-order valence-electron chi connectivity index (χ3n) is 4.63. The summed E-state index contributed by atoms with van der Waals surface area (Å²) in [6.45, 7) is 1.21. The van der Waals surface area contributed by atoms with Crippen LogP contribution in [0, 0.1) is 0 Å². The number of nitrogens with zero attached hydrogens (tertiary/aromatic N) is 3. The number of fused-ring (bicyclic) bond motifs is 2. The molecule has 130 valence electrons. The van der Waals surface area contributed by atoms with Gasteiger partial charge in [0.1, 0.15) is 0 Å². The van der Waals surface area contributed by atoms with Gasteiger partial charge in [-0.05, 0) is 37.1 Å². The lowest BCUT2D eigenvalue weighted by molar-refractivity contribution is 0.0653. The number of carbonyl (C=O) groups excluding carboxylic acids is 2. The molecule has 0 spiro atoms. The number of para-hydroxylation sites is 2. The van der Waals surface area contributed by atoms with Crippen molar-refractivity contribution >= 4 is 22.8 Å². The van der Waals surface area contributed by atoms with E-state index in [-0.39, 0.29) is 11.8 Å². The molecule has 0 N–H and O–H groups in total. The normalized spacial score (nSPS) is 13.9. The highest BCUT2D eigenvalue weighted by molar-refractivity contribution is 6.21. The monoisotopic (exact) mass is 345 g/mol. The Morgan fingerprint density at radius 1 is 0.885 bits per heavy atom. The minimum absolute atomic E-state index is 0.181. The molecule has 2 heterocycles. The number of benzene rings is 2. The van der Waals surface area contributed by atoms with Crippen molar-refractivity contribution in [2.24, 2.45) is 0 Å². The minimum atomic E-state index is -0.181. The number of aromatic nitrogens is 2. The minimum Gasteiger partial charge on any atom is -0.327 e. The van der Waals surface area contributed by atoms with Crippen molar-refractivity contribution in [2.45, 2.75) is 19.4 Å². The lowest BCUT2D eigenvalue weighted by Crippen LogP contribution is -2.30. The third-order valence-corrected chi connectivity index (χ3v) is 4.63. The highest BCUT2D eigenvalue weighted by atomic mass is 16.2. The molecular weight excluding hydrogens is 326 g/mol. The summed E-state index contributed by atoms with van der Waals surface area (Å²) in [4.78, 5) is 30.3. The second-order valence-electron chi connectivity index (χ2n) is 6.31. The van der Waals surface area contributed by atoms with E-state index in [0.29, 0.717) is 17.7 Å². The molecule has 1 aliphatic rings. The van der Waals surface area contributed by atoms with Crippen molar-refractivity contribution in [2.75, 3.05) is 6.54 Å². The largest absolute Gasteiger partial charge is 0.327 e. The zero-order valence-electron chi connectivity index (χ0n) is 14.3. The molecule has 5 nitrogen and oxygen atoms in total. The summed E-state index contributed by atoms with van der Waals surface area (Å²) in [7, 11) is 0. The zero-order chi connectivity index (χ0) is 17.9. The van der Waals surface area contributed by atoms with E-state index in [4.69, 9.17) is 0 Å². The second-order valence-corrected chi connectivity index (χ2v) is 6.31. The number of carbonyl (C=O) groups is 2. The van der Waals surface area contributed by atoms with Gasteiger partial charge in [0.25, 0.3) is 11.8 Å². The molecule has 0 radical (unpaired) electrons. The maximum Gasteiger partial charge on any atom is 0.261 e. The van der Waals surface area contributed by atoms with Gasteiger partial charge in [0, 0.05) is 13.1 Å². The molecule has 0 fully saturated rings. The maximum atomic E-state index is 12.3. The van der Waals surface area contributed by atoms with E-state index in [9.17, 15) is 9.59 Å². The van der Waals surface area contributed by atoms with Gasteiger partial charge < -0.3 is 4.57 Å². The fourth-order valence-electron chi connectivity index (χ4n) is 3.27. The molecule has 0 unspecified atom stereocenters. The molecule has 3 aromatic rings. The van der Waals surface area contributed by atoms with Crippen LogP contribution in [-0.4, -0.2) is 32.8 Å². The first-order chi connectivity index (χ1) is 12.8. The number of imidazole rings is 1. The van der Waals surface area contributed by atoms with Gasteiger partial charge in [-0.25, -0.2) is 4.98 Å². The summed E-state index contributed by atoms with van der Waals surface area (Å²) in [6.07, 6.45) is 7.60. The van der Waals surface area contributed by atoms with E-state index >= 15 is 0 Å². The third kappa shape index (κ3) is 2.92. The quantitative estimate of drug-likeness (QED) is 0.389. The Kier molecular flexibility index (Phi) is 4.35. The van der Waals surface area contributed by atoms with E-state index in [2.05, 4.69) is 27.8 Å². The smallest absolute Gasteiger partial charge is 0.261 e. The van der Waals surface area contributed by atoms with E-state index in [0.717, 1.165) is 30.4 Å². The van der Waals surface area contributed by atoms with Crippen molar-refractivity contribution in [1.82, 2.24) is 14.5 Å². The Morgan fingerprint density at radius 3 is 2.35 bits per heavy atom. The molecule has 2 aromatic carbocycles. The van der Waals surface area contributed by atoms with Crippen LogP contribution in [0.3, 0.4) is 0 Å². The van der Waals surface area contributed by atoms with Gasteiger partial charge in [-0.2, -0.15) is 0 Å². The summed E-state index contributed by atoms with van der Waals surface area (Å²) in [5.74, 6) is -0.362. The van der Waals surface area contributed by atoms with Crippen LogP contribution in [0.1, 0.15) is 33.6 Å². The van der Waals surface area contributed by atoms with Crippen molar-refractivity contribution < 1.29 is 9.59 Å². The Balaban J connectivity index is 1.29. The predicted octanol–water partition coefficient (Wildman–Crippen LogP) is 3.67. The highest BCUT2D eigenvalue weighted by Gasteiger charge is 2.34. The molecule has 0 aliphatic carbocycles. The average Bonchev–Trinajstić information content (AvgIpc) is 3.19. The lowest BCUT2D eigenvalue weighted by atomic mass is 10.1. The fraction of sp³-hybridized carbons (Fsp3) is 0.190. The average molecular weight is 345 g/mol. The number of allylic oxidation sites excluding steroid dienone is 2. The molecule has 5 heteroatoms. The summed E-state index contributed by atoms with van der Waals surface area (Å²) in [5, 5.41) is 0. The van der Waals surface area contributed by atoms with Gasteiger partial charge in [0.2, 0.25) is 0 Å². The number of imide groups is 1. The topological polar surface area (TPSA) is 55.2 Å². The molecule has 1 aromatic heterocycles. The van der Waals surface area contributed by atoms with Crippen molar-refractivity contribution in [3.05, 3.63) is 78.1 Å². The first kappa shape index (κ1) is 16.3. The fourth-order valence-corrected chi connectivity index (χ4v) is 3.27. The van der Waals surface area contributed by atoms with Crippen molar-refractivity contribution in [3.63, 3.8) is 0 Å². The van der Waals surface area contributed by atoms with Crippen LogP contribution < -0.4 is 0 Å². The lowest BCUT2D eigenvalue weighted by Gasteiger charge is -2.12. The first-order valence-electron chi connectivity index (χ1n) is 8.76. The summed E-state index contributed by atoms with van der Waals surface area (Å²) < 4.78 is 2.09. The van der Waals surface area contributed by atoms with Crippen molar-refractivity contribution in [1.29, 1.82) is 0 Å². The van der Waals surface area contributed by atoms with Gasteiger partial charge >= 0.3 is 0 Å².